The number of rotatable bonds is 4. The van der Waals surface area contributed by atoms with Crippen molar-refractivity contribution in [1.29, 1.82) is 0 Å². The lowest BCUT2D eigenvalue weighted by molar-refractivity contribution is 0.171. The van der Waals surface area contributed by atoms with Crippen molar-refractivity contribution >= 4 is 22.0 Å². The van der Waals surface area contributed by atoms with Crippen molar-refractivity contribution < 1.29 is 9.53 Å². The van der Waals surface area contributed by atoms with Crippen LogP contribution in [0.5, 0.6) is 0 Å². The molecule has 0 fully saturated rings. The SMILES string of the molecule is COC(=O)NCCCc1ccc(Br)cc1. The third-order valence-corrected chi connectivity index (χ3v) is 2.54. The maximum absolute atomic E-state index is 10.7. The quantitative estimate of drug-likeness (QED) is 0.856. The average Bonchev–Trinajstić information content (AvgIpc) is 2.26. The van der Waals surface area contributed by atoms with Crippen LogP contribution in [0.15, 0.2) is 28.7 Å². The van der Waals surface area contributed by atoms with Crippen LogP contribution in [-0.2, 0) is 11.2 Å². The first kappa shape index (κ1) is 12.0. The topological polar surface area (TPSA) is 38.3 Å². The third-order valence-electron chi connectivity index (χ3n) is 2.01. The summed E-state index contributed by atoms with van der Waals surface area (Å²) in [6, 6.07) is 8.18. The standard InChI is InChI=1S/C11H14BrNO2/c1-15-11(14)13-8-2-3-9-4-6-10(12)7-5-9/h4-7H,2-3,8H2,1H3,(H,13,14). The smallest absolute Gasteiger partial charge is 0.406 e. The number of alkyl carbamates (subject to hydrolysis) is 1. The van der Waals surface area contributed by atoms with E-state index in [4.69, 9.17) is 0 Å². The van der Waals surface area contributed by atoms with Crippen molar-refractivity contribution in [3.8, 4) is 0 Å². The van der Waals surface area contributed by atoms with E-state index in [1.165, 1.54) is 12.7 Å². The highest BCUT2D eigenvalue weighted by molar-refractivity contribution is 9.10. The first-order valence-electron chi connectivity index (χ1n) is 4.78. The monoisotopic (exact) mass is 271 g/mol. The van der Waals surface area contributed by atoms with Gasteiger partial charge in [-0.15, -0.1) is 0 Å². The van der Waals surface area contributed by atoms with Gasteiger partial charge >= 0.3 is 6.09 Å². The van der Waals surface area contributed by atoms with E-state index < -0.39 is 0 Å². The highest BCUT2D eigenvalue weighted by atomic mass is 79.9. The molecule has 1 amide bonds. The summed E-state index contributed by atoms with van der Waals surface area (Å²) in [6.45, 7) is 0.642. The lowest BCUT2D eigenvalue weighted by atomic mass is 10.1. The number of amides is 1. The molecule has 0 bridgehead atoms. The fourth-order valence-electron chi connectivity index (χ4n) is 1.21. The van der Waals surface area contributed by atoms with E-state index in [1.54, 1.807) is 0 Å². The van der Waals surface area contributed by atoms with Gasteiger partial charge in [0.15, 0.2) is 0 Å². The Hall–Kier alpha value is -1.03. The first-order chi connectivity index (χ1) is 7.22. The van der Waals surface area contributed by atoms with Gasteiger partial charge in [0, 0.05) is 11.0 Å². The Morgan fingerprint density at radius 2 is 2.07 bits per heavy atom. The molecule has 0 aliphatic rings. The number of halogens is 1. The summed E-state index contributed by atoms with van der Waals surface area (Å²) in [5.74, 6) is 0. The van der Waals surface area contributed by atoms with Crippen LogP contribution in [0.4, 0.5) is 4.79 Å². The number of nitrogens with one attached hydrogen (secondary N) is 1. The van der Waals surface area contributed by atoms with Gasteiger partial charge in [0.1, 0.15) is 0 Å². The minimum atomic E-state index is -0.370. The zero-order valence-electron chi connectivity index (χ0n) is 8.63. The highest BCUT2D eigenvalue weighted by Crippen LogP contribution is 2.11. The second-order valence-corrected chi connectivity index (χ2v) is 4.06. The van der Waals surface area contributed by atoms with Gasteiger partial charge in [-0.05, 0) is 30.5 Å². The third kappa shape index (κ3) is 4.83. The number of benzene rings is 1. The summed E-state index contributed by atoms with van der Waals surface area (Å²) in [7, 11) is 1.37. The lowest BCUT2D eigenvalue weighted by Gasteiger charge is -2.03. The Morgan fingerprint density at radius 3 is 2.67 bits per heavy atom. The van der Waals surface area contributed by atoms with E-state index in [0.717, 1.165) is 17.3 Å². The Morgan fingerprint density at radius 1 is 1.40 bits per heavy atom. The molecule has 1 aromatic rings. The fraction of sp³-hybridized carbons (Fsp3) is 0.364. The molecule has 1 aromatic carbocycles. The van der Waals surface area contributed by atoms with Crippen LogP contribution in [0.1, 0.15) is 12.0 Å². The molecule has 15 heavy (non-hydrogen) atoms. The van der Waals surface area contributed by atoms with Gasteiger partial charge < -0.3 is 10.1 Å². The number of aryl methyl sites for hydroxylation is 1. The molecule has 0 saturated carbocycles. The van der Waals surface area contributed by atoms with E-state index >= 15 is 0 Å². The van der Waals surface area contributed by atoms with E-state index in [1.807, 2.05) is 12.1 Å². The lowest BCUT2D eigenvalue weighted by Crippen LogP contribution is -2.24. The summed E-state index contributed by atoms with van der Waals surface area (Å²) >= 11 is 3.38. The Labute approximate surface area is 97.9 Å². The molecule has 0 radical (unpaired) electrons. The average molecular weight is 272 g/mol. The molecule has 0 atom stereocenters. The van der Waals surface area contributed by atoms with Crippen molar-refractivity contribution in [2.24, 2.45) is 0 Å². The van der Waals surface area contributed by atoms with Crippen LogP contribution in [0.3, 0.4) is 0 Å². The number of methoxy groups -OCH3 is 1. The molecule has 82 valence electrons. The zero-order chi connectivity index (χ0) is 11.1. The summed E-state index contributed by atoms with van der Waals surface area (Å²) in [5, 5.41) is 2.64. The van der Waals surface area contributed by atoms with E-state index in [2.05, 4.69) is 38.1 Å². The van der Waals surface area contributed by atoms with Crippen LogP contribution in [-0.4, -0.2) is 19.7 Å². The summed E-state index contributed by atoms with van der Waals surface area (Å²) in [6.07, 6.45) is 1.50. The molecule has 0 unspecified atom stereocenters. The van der Waals surface area contributed by atoms with Gasteiger partial charge in [-0.3, -0.25) is 0 Å². The summed E-state index contributed by atoms with van der Waals surface area (Å²) < 4.78 is 5.54. The maximum Gasteiger partial charge on any atom is 0.406 e. The van der Waals surface area contributed by atoms with Crippen molar-refractivity contribution in [2.75, 3.05) is 13.7 Å². The van der Waals surface area contributed by atoms with Crippen LogP contribution in [0.25, 0.3) is 0 Å². The van der Waals surface area contributed by atoms with Crippen molar-refractivity contribution in [1.82, 2.24) is 5.32 Å². The summed E-state index contributed by atoms with van der Waals surface area (Å²) in [5.41, 5.74) is 1.27. The Balaban J connectivity index is 2.20. The number of carbonyl (C=O) groups is 1. The van der Waals surface area contributed by atoms with Crippen molar-refractivity contribution in [3.05, 3.63) is 34.3 Å². The van der Waals surface area contributed by atoms with Crippen molar-refractivity contribution in [2.45, 2.75) is 12.8 Å². The van der Waals surface area contributed by atoms with E-state index in [0.29, 0.717) is 6.54 Å². The van der Waals surface area contributed by atoms with E-state index in [9.17, 15) is 4.79 Å². The Bertz CT molecular complexity index is 311. The minimum Gasteiger partial charge on any atom is -0.453 e. The molecule has 1 rings (SSSR count). The molecule has 1 N–H and O–H groups in total. The predicted molar refractivity (Wildman–Crippen MR) is 62.9 cm³/mol. The van der Waals surface area contributed by atoms with Crippen LogP contribution in [0.2, 0.25) is 0 Å². The second-order valence-electron chi connectivity index (χ2n) is 3.15. The molecule has 0 saturated heterocycles. The van der Waals surface area contributed by atoms with Gasteiger partial charge in [-0.25, -0.2) is 4.79 Å². The normalized spacial score (nSPS) is 9.73. The molecule has 0 aromatic heterocycles. The number of hydrogen-bond acceptors (Lipinski definition) is 2. The largest absolute Gasteiger partial charge is 0.453 e. The first-order valence-corrected chi connectivity index (χ1v) is 5.58. The molecule has 0 aliphatic heterocycles. The maximum atomic E-state index is 10.7. The van der Waals surface area contributed by atoms with Crippen LogP contribution < -0.4 is 5.32 Å². The molecular weight excluding hydrogens is 258 g/mol. The highest BCUT2D eigenvalue weighted by Gasteiger charge is 1.97. The molecular formula is C11H14BrNO2. The van der Waals surface area contributed by atoms with Crippen molar-refractivity contribution in [3.63, 3.8) is 0 Å². The minimum absolute atomic E-state index is 0.370. The number of hydrogen-bond donors (Lipinski definition) is 1. The van der Waals surface area contributed by atoms with Gasteiger partial charge in [0.2, 0.25) is 0 Å². The zero-order valence-corrected chi connectivity index (χ0v) is 10.2. The molecule has 4 heteroatoms. The van der Waals surface area contributed by atoms with Gasteiger partial charge in [-0.2, -0.15) is 0 Å². The van der Waals surface area contributed by atoms with Crippen LogP contribution >= 0.6 is 15.9 Å². The molecule has 0 spiro atoms. The molecule has 3 nitrogen and oxygen atoms in total. The second kappa shape index (κ2) is 6.45. The van der Waals surface area contributed by atoms with E-state index in [-0.39, 0.29) is 6.09 Å². The predicted octanol–water partition coefficient (Wildman–Crippen LogP) is 2.74. The summed E-state index contributed by atoms with van der Waals surface area (Å²) in [4.78, 5) is 10.7. The van der Waals surface area contributed by atoms with Crippen LogP contribution in [0, 0.1) is 0 Å². The molecule has 0 aliphatic carbocycles. The Kier molecular flexibility index (Phi) is 5.18. The number of ether oxygens (including phenoxy) is 1. The van der Waals surface area contributed by atoms with Gasteiger partial charge in [0.25, 0.3) is 0 Å². The van der Waals surface area contributed by atoms with Gasteiger partial charge in [-0.1, -0.05) is 28.1 Å². The fourth-order valence-corrected chi connectivity index (χ4v) is 1.47. The van der Waals surface area contributed by atoms with Gasteiger partial charge in [0.05, 0.1) is 7.11 Å². The number of carbonyl (C=O) groups excluding carboxylic acids is 1. The molecule has 0 heterocycles.